The van der Waals surface area contributed by atoms with E-state index in [9.17, 15) is 18.4 Å². The molecule has 15 heavy (non-hydrogen) atoms. The lowest BCUT2D eigenvalue weighted by atomic mass is 10.0. The number of carbonyl (C=O) groups excluding carboxylic acids is 1. The number of rotatable bonds is 2. The molecule has 1 aliphatic heterocycles. The standard InChI is InChI=1S/C9H13F2NO3/c1-9(10,11)8(15)12-5-3-2-4-6(12)7(13)14/h6H,2-5H2,1H3,(H,13,14)/t6-/m1/s1. The van der Waals surface area contributed by atoms with E-state index in [-0.39, 0.29) is 13.0 Å². The maximum atomic E-state index is 12.8. The monoisotopic (exact) mass is 221 g/mol. The Bertz CT molecular complexity index is 275. The van der Waals surface area contributed by atoms with Crippen LogP contribution in [0.3, 0.4) is 0 Å². The summed E-state index contributed by atoms with van der Waals surface area (Å²) in [5, 5.41) is 8.78. The van der Waals surface area contributed by atoms with Crippen LogP contribution < -0.4 is 0 Å². The molecular weight excluding hydrogens is 208 g/mol. The van der Waals surface area contributed by atoms with Crippen LogP contribution >= 0.6 is 0 Å². The fourth-order valence-corrected chi connectivity index (χ4v) is 1.68. The summed E-state index contributed by atoms with van der Waals surface area (Å²) in [5.41, 5.74) is 0. The predicted molar refractivity (Wildman–Crippen MR) is 47.6 cm³/mol. The van der Waals surface area contributed by atoms with Crippen LogP contribution in [-0.2, 0) is 9.59 Å². The lowest BCUT2D eigenvalue weighted by Crippen LogP contribution is -2.52. The van der Waals surface area contributed by atoms with Gasteiger partial charge in [0, 0.05) is 13.5 Å². The molecule has 0 radical (unpaired) electrons. The number of carboxylic acids is 1. The Kier molecular flexibility index (Phi) is 3.26. The molecule has 6 heteroatoms. The number of carbonyl (C=O) groups is 2. The average molecular weight is 221 g/mol. The largest absolute Gasteiger partial charge is 0.480 e. The van der Waals surface area contributed by atoms with Gasteiger partial charge < -0.3 is 10.0 Å². The zero-order valence-electron chi connectivity index (χ0n) is 8.37. The Morgan fingerprint density at radius 1 is 1.40 bits per heavy atom. The molecule has 1 aliphatic rings. The summed E-state index contributed by atoms with van der Waals surface area (Å²) in [6, 6.07) is -1.10. The minimum absolute atomic E-state index is 0.0965. The number of hydrogen-bond acceptors (Lipinski definition) is 2. The normalized spacial score (nSPS) is 22.6. The van der Waals surface area contributed by atoms with Crippen molar-refractivity contribution >= 4 is 11.9 Å². The Labute approximate surface area is 85.9 Å². The summed E-state index contributed by atoms with van der Waals surface area (Å²) >= 11 is 0. The molecule has 1 atom stereocenters. The SMILES string of the molecule is CC(F)(F)C(=O)N1CCCC[C@@H]1C(=O)O. The van der Waals surface area contributed by atoms with Crippen LogP contribution in [0, 0.1) is 0 Å². The van der Waals surface area contributed by atoms with Gasteiger partial charge in [-0.3, -0.25) is 4.79 Å². The molecule has 4 nitrogen and oxygen atoms in total. The molecule has 1 saturated heterocycles. The van der Waals surface area contributed by atoms with Gasteiger partial charge in [-0.05, 0) is 19.3 Å². The Hall–Kier alpha value is -1.20. The van der Waals surface area contributed by atoms with Gasteiger partial charge >= 0.3 is 11.9 Å². The number of carboxylic acid groups (broad SMARTS) is 1. The summed E-state index contributed by atoms with van der Waals surface area (Å²) in [7, 11) is 0. The second-order valence-electron chi connectivity index (χ2n) is 3.74. The van der Waals surface area contributed by atoms with Crippen LogP contribution in [0.25, 0.3) is 0 Å². The Balaban J connectivity index is 2.81. The summed E-state index contributed by atoms with van der Waals surface area (Å²) in [4.78, 5) is 22.8. The number of piperidine rings is 1. The highest BCUT2D eigenvalue weighted by Crippen LogP contribution is 2.23. The van der Waals surface area contributed by atoms with Gasteiger partial charge in [0.2, 0.25) is 0 Å². The van der Waals surface area contributed by atoms with Gasteiger partial charge in [0.1, 0.15) is 6.04 Å². The molecule has 1 fully saturated rings. The van der Waals surface area contributed by atoms with Gasteiger partial charge in [-0.25, -0.2) is 4.79 Å². The van der Waals surface area contributed by atoms with Crippen molar-refractivity contribution in [1.82, 2.24) is 4.90 Å². The third-order valence-corrected chi connectivity index (χ3v) is 2.42. The van der Waals surface area contributed by atoms with Crippen molar-refractivity contribution in [3.8, 4) is 0 Å². The number of alkyl halides is 2. The van der Waals surface area contributed by atoms with Gasteiger partial charge in [0.05, 0.1) is 0 Å². The smallest absolute Gasteiger partial charge is 0.326 e. The third kappa shape index (κ3) is 2.64. The number of hydrogen-bond donors (Lipinski definition) is 1. The van der Waals surface area contributed by atoms with Crippen LogP contribution in [0.1, 0.15) is 26.2 Å². The number of likely N-dealkylation sites (tertiary alicyclic amines) is 1. The highest BCUT2D eigenvalue weighted by atomic mass is 19.3. The Morgan fingerprint density at radius 3 is 2.47 bits per heavy atom. The topological polar surface area (TPSA) is 57.6 Å². The van der Waals surface area contributed by atoms with E-state index >= 15 is 0 Å². The maximum absolute atomic E-state index is 12.8. The van der Waals surface area contributed by atoms with Gasteiger partial charge in [0.25, 0.3) is 5.91 Å². The molecule has 0 aromatic carbocycles. The molecule has 0 aromatic rings. The second kappa shape index (κ2) is 4.12. The van der Waals surface area contributed by atoms with Crippen molar-refractivity contribution in [2.75, 3.05) is 6.54 Å². The van der Waals surface area contributed by atoms with Crippen LogP contribution in [-0.4, -0.2) is 40.4 Å². The van der Waals surface area contributed by atoms with E-state index in [1.807, 2.05) is 0 Å². The number of nitrogens with zero attached hydrogens (tertiary/aromatic N) is 1. The number of amides is 1. The summed E-state index contributed by atoms with van der Waals surface area (Å²) < 4.78 is 25.5. The minimum atomic E-state index is -3.49. The first kappa shape index (κ1) is 11.9. The lowest BCUT2D eigenvalue weighted by Gasteiger charge is -2.34. The van der Waals surface area contributed by atoms with E-state index in [1.165, 1.54) is 0 Å². The van der Waals surface area contributed by atoms with Crippen molar-refractivity contribution < 1.29 is 23.5 Å². The van der Waals surface area contributed by atoms with Gasteiger partial charge in [-0.15, -0.1) is 0 Å². The summed E-state index contributed by atoms with van der Waals surface area (Å²) in [6.07, 6.45) is 1.47. The zero-order valence-corrected chi connectivity index (χ0v) is 8.37. The molecule has 0 aliphatic carbocycles. The molecule has 0 saturated carbocycles. The molecule has 86 valence electrons. The van der Waals surface area contributed by atoms with Crippen LogP contribution in [0.2, 0.25) is 0 Å². The molecule has 1 N–H and O–H groups in total. The fourth-order valence-electron chi connectivity index (χ4n) is 1.68. The molecule has 1 amide bonds. The first-order chi connectivity index (χ1) is 6.84. The average Bonchev–Trinajstić information content (AvgIpc) is 2.15. The van der Waals surface area contributed by atoms with E-state index < -0.39 is 23.8 Å². The van der Waals surface area contributed by atoms with E-state index in [0.717, 1.165) is 4.90 Å². The second-order valence-corrected chi connectivity index (χ2v) is 3.74. The molecule has 0 spiro atoms. The number of aliphatic carboxylic acids is 1. The maximum Gasteiger partial charge on any atom is 0.326 e. The van der Waals surface area contributed by atoms with Crippen molar-refractivity contribution in [3.05, 3.63) is 0 Å². The van der Waals surface area contributed by atoms with Gasteiger partial charge in [-0.1, -0.05) is 0 Å². The van der Waals surface area contributed by atoms with Gasteiger partial charge in [-0.2, -0.15) is 8.78 Å². The van der Waals surface area contributed by atoms with E-state index in [1.54, 1.807) is 0 Å². The molecule has 0 aromatic heterocycles. The van der Waals surface area contributed by atoms with Crippen molar-refractivity contribution in [3.63, 3.8) is 0 Å². The quantitative estimate of drug-likeness (QED) is 0.759. The first-order valence-corrected chi connectivity index (χ1v) is 4.75. The van der Waals surface area contributed by atoms with Crippen LogP contribution in [0.5, 0.6) is 0 Å². The van der Waals surface area contributed by atoms with E-state index in [2.05, 4.69) is 0 Å². The zero-order chi connectivity index (χ0) is 11.6. The van der Waals surface area contributed by atoms with Crippen LogP contribution in [0.15, 0.2) is 0 Å². The van der Waals surface area contributed by atoms with Crippen molar-refractivity contribution in [2.24, 2.45) is 0 Å². The molecule has 0 bridgehead atoms. The first-order valence-electron chi connectivity index (χ1n) is 4.75. The summed E-state index contributed by atoms with van der Waals surface area (Å²) in [6.45, 7) is 0.585. The predicted octanol–water partition coefficient (Wildman–Crippen LogP) is 1.11. The summed E-state index contributed by atoms with van der Waals surface area (Å²) in [5.74, 6) is -6.10. The Morgan fingerprint density at radius 2 is 2.00 bits per heavy atom. The van der Waals surface area contributed by atoms with Gasteiger partial charge in [0.15, 0.2) is 0 Å². The third-order valence-electron chi connectivity index (χ3n) is 2.42. The minimum Gasteiger partial charge on any atom is -0.480 e. The number of halogens is 2. The molecule has 1 rings (SSSR count). The molecule has 1 heterocycles. The highest BCUT2D eigenvalue weighted by Gasteiger charge is 2.42. The highest BCUT2D eigenvalue weighted by molar-refractivity contribution is 5.88. The van der Waals surface area contributed by atoms with Crippen molar-refractivity contribution in [2.45, 2.75) is 38.2 Å². The van der Waals surface area contributed by atoms with E-state index in [4.69, 9.17) is 5.11 Å². The molecular formula is C9H13F2NO3. The lowest BCUT2D eigenvalue weighted by molar-refractivity contribution is -0.165. The van der Waals surface area contributed by atoms with E-state index in [0.29, 0.717) is 19.8 Å². The molecule has 0 unspecified atom stereocenters. The fraction of sp³-hybridized carbons (Fsp3) is 0.778. The van der Waals surface area contributed by atoms with Crippen LogP contribution in [0.4, 0.5) is 8.78 Å². The van der Waals surface area contributed by atoms with Crippen molar-refractivity contribution in [1.29, 1.82) is 0 Å².